The van der Waals surface area contributed by atoms with Crippen LogP contribution in [0.5, 0.6) is 5.88 Å². The van der Waals surface area contributed by atoms with E-state index >= 15 is 0 Å². The first-order chi connectivity index (χ1) is 21.4. The van der Waals surface area contributed by atoms with Gasteiger partial charge in [-0.25, -0.2) is 18.6 Å². The second kappa shape index (κ2) is 12.2. The van der Waals surface area contributed by atoms with Crippen molar-refractivity contribution in [3.8, 4) is 11.9 Å². The second-order valence-electron chi connectivity index (χ2n) is 13.5. The Balaban J connectivity index is 1.02. The summed E-state index contributed by atoms with van der Waals surface area (Å²) in [5.41, 5.74) is 2.44. The molecule has 1 N–H and O–H groups in total. The van der Waals surface area contributed by atoms with Crippen molar-refractivity contribution in [3.05, 3.63) is 17.3 Å². The van der Waals surface area contributed by atoms with Gasteiger partial charge in [-0.2, -0.15) is 10.1 Å². The molecule has 7 rings (SSSR count). The highest BCUT2D eigenvalue weighted by atomic mass is 19.1. The average molecular weight is 616 g/mol. The molecule has 1 amide bonds. The van der Waals surface area contributed by atoms with Crippen LogP contribution in [0.1, 0.15) is 56.2 Å². The van der Waals surface area contributed by atoms with Crippen molar-refractivity contribution in [1.29, 1.82) is 5.26 Å². The number of amides is 1. The van der Waals surface area contributed by atoms with E-state index in [0.717, 1.165) is 68.7 Å². The van der Waals surface area contributed by atoms with Crippen LogP contribution in [-0.2, 0) is 22.7 Å². The number of carbonyl (C=O) groups excluding carboxylic acids is 1. The lowest BCUT2D eigenvalue weighted by Crippen LogP contribution is -2.55. The molecule has 44 heavy (non-hydrogen) atoms. The van der Waals surface area contributed by atoms with Gasteiger partial charge in [0.15, 0.2) is 0 Å². The van der Waals surface area contributed by atoms with E-state index in [2.05, 4.69) is 26.1 Å². The molecule has 7 heterocycles. The van der Waals surface area contributed by atoms with E-state index in [1.165, 1.54) is 0 Å². The standard InChI is InChI=1S/C31H43F2N7O4/c32-22-14-30(5-1-9-38(30)17-22)20-42-28-13-27(25-4-8-35-16-26(25)36-28)37-11-12-40(24(19-37)3-7-34)29(41)44-43-21-31-6-2-10-39(31)18-23(33)15-31/h13,22-24,35H,1-6,8-12,14-21H2/t22-,23+,24-,30+,31-/m0/s1. The molecule has 0 spiro atoms. The van der Waals surface area contributed by atoms with Crippen molar-refractivity contribution in [2.45, 2.75) is 87.4 Å². The first kappa shape index (κ1) is 29.9. The summed E-state index contributed by atoms with van der Waals surface area (Å²) < 4.78 is 34.8. The molecule has 6 aliphatic rings. The molecule has 240 valence electrons. The molecule has 13 heteroatoms. The number of halogens is 2. The first-order valence-corrected chi connectivity index (χ1v) is 16.2. The van der Waals surface area contributed by atoms with Crippen LogP contribution >= 0.6 is 0 Å². The van der Waals surface area contributed by atoms with Gasteiger partial charge in [-0.3, -0.25) is 19.6 Å². The van der Waals surface area contributed by atoms with Crippen molar-refractivity contribution >= 4 is 11.8 Å². The summed E-state index contributed by atoms with van der Waals surface area (Å²) in [6.07, 6.45) is 3.33. The highest BCUT2D eigenvalue weighted by molar-refractivity contribution is 5.68. The van der Waals surface area contributed by atoms with Crippen LogP contribution in [0.3, 0.4) is 0 Å². The van der Waals surface area contributed by atoms with Gasteiger partial charge in [-0.15, -0.1) is 0 Å². The number of ether oxygens (including phenoxy) is 1. The van der Waals surface area contributed by atoms with E-state index in [4.69, 9.17) is 19.5 Å². The highest BCUT2D eigenvalue weighted by Crippen LogP contribution is 2.42. The quantitative estimate of drug-likeness (QED) is 0.347. The van der Waals surface area contributed by atoms with Crippen LogP contribution in [0.15, 0.2) is 6.07 Å². The molecule has 0 aromatic carbocycles. The Morgan fingerprint density at radius 2 is 1.77 bits per heavy atom. The predicted molar refractivity (Wildman–Crippen MR) is 157 cm³/mol. The third-order valence-electron chi connectivity index (χ3n) is 10.9. The topological polar surface area (TPSA) is 106 Å². The number of pyridine rings is 1. The largest absolute Gasteiger partial charge is 0.476 e. The number of alkyl halides is 2. The third-order valence-corrected chi connectivity index (χ3v) is 10.9. The van der Waals surface area contributed by atoms with Crippen LogP contribution in [0.2, 0.25) is 0 Å². The molecule has 5 saturated heterocycles. The number of nitrogens with one attached hydrogen (secondary N) is 1. The van der Waals surface area contributed by atoms with Gasteiger partial charge in [0.05, 0.1) is 35.3 Å². The lowest BCUT2D eigenvalue weighted by molar-refractivity contribution is -0.263. The molecule has 0 bridgehead atoms. The summed E-state index contributed by atoms with van der Waals surface area (Å²) in [7, 11) is 0. The molecule has 6 aliphatic heterocycles. The minimum atomic E-state index is -0.884. The summed E-state index contributed by atoms with van der Waals surface area (Å²) >= 11 is 0. The maximum Gasteiger partial charge on any atom is 0.441 e. The molecule has 0 aliphatic carbocycles. The molecular formula is C31H43F2N7O4. The number of hydrogen-bond acceptors (Lipinski definition) is 10. The smallest absolute Gasteiger partial charge is 0.441 e. The first-order valence-electron chi connectivity index (χ1n) is 16.2. The summed E-state index contributed by atoms with van der Waals surface area (Å²) in [4.78, 5) is 36.9. The number of nitrogens with zero attached hydrogens (tertiary/aromatic N) is 6. The lowest BCUT2D eigenvalue weighted by atomic mass is 9.95. The highest BCUT2D eigenvalue weighted by Gasteiger charge is 2.50. The second-order valence-corrected chi connectivity index (χ2v) is 13.5. The molecule has 5 atom stereocenters. The number of piperazine rings is 1. The summed E-state index contributed by atoms with van der Waals surface area (Å²) in [5.74, 6) is 0.529. The molecule has 11 nitrogen and oxygen atoms in total. The van der Waals surface area contributed by atoms with E-state index in [1.807, 2.05) is 6.07 Å². The van der Waals surface area contributed by atoms with Crippen LogP contribution in [0, 0.1) is 11.3 Å². The van der Waals surface area contributed by atoms with Crippen LogP contribution < -0.4 is 15.0 Å². The summed E-state index contributed by atoms with van der Waals surface area (Å²) in [6, 6.07) is 3.82. The van der Waals surface area contributed by atoms with Gasteiger partial charge in [0.25, 0.3) is 0 Å². The molecule has 5 fully saturated rings. The predicted octanol–water partition coefficient (Wildman–Crippen LogP) is 2.73. The minimum Gasteiger partial charge on any atom is -0.476 e. The van der Waals surface area contributed by atoms with Crippen molar-refractivity contribution in [1.82, 2.24) is 25.0 Å². The zero-order chi connectivity index (χ0) is 30.3. The van der Waals surface area contributed by atoms with E-state index < -0.39 is 30.0 Å². The number of aromatic nitrogens is 1. The van der Waals surface area contributed by atoms with Gasteiger partial charge in [0.2, 0.25) is 5.88 Å². The Morgan fingerprint density at radius 3 is 2.50 bits per heavy atom. The summed E-state index contributed by atoms with van der Waals surface area (Å²) in [5, 5.41) is 13.0. The van der Waals surface area contributed by atoms with Gasteiger partial charge >= 0.3 is 6.09 Å². The number of hydrogen-bond donors (Lipinski definition) is 1. The fraction of sp³-hybridized carbons (Fsp3) is 0.774. The SMILES string of the molecule is N#CC[C@H]1CN(c2cc(OC[C@]34CCCN3C[C@@H](F)C4)nc3c2CCNC3)CCN1C(=O)OOC[C@@]12CCCN1C[C@H](F)C2. The van der Waals surface area contributed by atoms with E-state index in [1.54, 1.807) is 4.90 Å². The van der Waals surface area contributed by atoms with Gasteiger partial charge in [-0.1, -0.05) is 0 Å². The Kier molecular flexibility index (Phi) is 8.28. The minimum absolute atomic E-state index is 0.146. The van der Waals surface area contributed by atoms with Crippen molar-refractivity contribution in [2.24, 2.45) is 0 Å². The molecule has 1 aromatic rings. The molecule has 1 aromatic heterocycles. The van der Waals surface area contributed by atoms with Crippen LogP contribution in [0.4, 0.5) is 19.3 Å². The normalized spacial score (nSPS) is 33.6. The maximum atomic E-state index is 14.3. The number of fused-ring (bicyclic) bond motifs is 3. The van der Waals surface area contributed by atoms with Crippen LogP contribution in [0.25, 0.3) is 0 Å². The van der Waals surface area contributed by atoms with Gasteiger partial charge in [0, 0.05) is 63.9 Å². The fourth-order valence-electron chi connectivity index (χ4n) is 8.72. The number of nitriles is 1. The number of anilines is 1. The Labute approximate surface area is 257 Å². The van der Waals surface area contributed by atoms with Gasteiger partial charge in [-0.05, 0) is 57.3 Å². The zero-order valence-electron chi connectivity index (χ0n) is 25.3. The third kappa shape index (κ3) is 5.59. The zero-order valence-corrected chi connectivity index (χ0v) is 25.3. The Hall–Kier alpha value is -2.79. The Bertz CT molecular complexity index is 1280. The van der Waals surface area contributed by atoms with Gasteiger partial charge < -0.3 is 15.0 Å². The summed E-state index contributed by atoms with van der Waals surface area (Å²) in [6.45, 7) is 6.02. The molecule has 0 radical (unpaired) electrons. The van der Waals surface area contributed by atoms with Crippen LogP contribution in [-0.4, -0.2) is 121 Å². The lowest BCUT2D eigenvalue weighted by Gasteiger charge is -2.42. The molecule has 0 saturated carbocycles. The van der Waals surface area contributed by atoms with Gasteiger partial charge in [0.1, 0.15) is 25.6 Å². The number of carbonyl (C=O) groups is 1. The van der Waals surface area contributed by atoms with E-state index in [9.17, 15) is 18.8 Å². The van der Waals surface area contributed by atoms with E-state index in [0.29, 0.717) is 64.6 Å². The maximum absolute atomic E-state index is 14.3. The molecule has 0 unspecified atom stereocenters. The fourth-order valence-corrected chi connectivity index (χ4v) is 8.72. The van der Waals surface area contributed by atoms with Crippen molar-refractivity contribution < 1.29 is 28.1 Å². The monoisotopic (exact) mass is 615 g/mol. The van der Waals surface area contributed by atoms with Crippen molar-refractivity contribution in [2.75, 3.05) is 70.5 Å². The molecular weight excluding hydrogens is 572 g/mol. The Morgan fingerprint density at radius 1 is 1.05 bits per heavy atom. The number of rotatable bonds is 8. The van der Waals surface area contributed by atoms with Crippen molar-refractivity contribution in [3.63, 3.8) is 0 Å². The van der Waals surface area contributed by atoms with E-state index in [-0.39, 0.29) is 18.6 Å². The average Bonchev–Trinajstić information content (AvgIpc) is 3.74.